The Bertz CT molecular complexity index is 997. The third-order valence-corrected chi connectivity index (χ3v) is 4.01. The molecule has 26 heavy (non-hydrogen) atoms. The summed E-state index contributed by atoms with van der Waals surface area (Å²) in [5, 5.41) is 8.80. The zero-order chi connectivity index (χ0) is 18.9. The summed E-state index contributed by atoms with van der Waals surface area (Å²) in [5.74, 6) is 0.223. The highest BCUT2D eigenvalue weighted by atomic mass is 16.5. The molecule has 1 aromatic carbocycles. The summed E-state index contributed by atoms with van der Waals surface area (Å²) in [6, 6.07) is 11.0. The van der Waals surface area contributed by atoms with Gasteiger partial charge >= 0.3 is 5.97 Å². The summed E-state index contributed by atoms with van der Waals surface area (Å²) in [7, 11) is 1.35. The van der Waals surface area contributed by atoms with Crippen molar-refractivity contribution in [2.24, 2.45) is 10.2 Å². The number of carbonyl (C=O) groups excluding carboxylic acids is 1. The van der Waals surface area contributed by atoms with Gasteiger partial charge in [-0.2, -0.15) is 0 Å². The lowest BCUT2D eigenvalue weighted by atomic mass is 9.92. The van der Waals surface area contributed by atoms with Crippen molar-refractivity contribution in [3.8, 4) is 0 Å². The van der Waals surface area contributed by atoms with E-state index in [1.54, 1.807) is 18.2 Å². The van der Waals surface area contributed by atoms with Crippen LogP contribution in [-0.2, 0) is 10.2 Å². The van der Waals surface area contributed by atoms with E-state index < -0.39 is 5.97 Å². The summed E-state index contributed by atoms with van der Waals surface area (Å²) in [6.45, 7) is 8.28. The number of ether oxygens (including phenoxy) is 1. The molecule has 2 aromatic heterocycles. The number of hydrogen-bond acceptors (Lipinski definition) is 5. The molecule has 6 nitrogen and oxygen atoms in total. The van der Waals surface area contributed by atoms with E-state index in [4.69, 9.17) is 9.72 Å². The highest BCUT2D eigenvalue weighted by Gasteiger charge is 2.24. The summed E-state index contributed by atoms with van der Waals surface area (Å²) in [4.78, 5) is 16.7. The lowest BCUT2D eigenvalue weighted by Crippen LogP contribution is -2.11. The number of pyridine rings is 1. The SMILES string of the molecule is COC(=O)c1ccccc1N=Nc1c(C(C)(C)C)nc2ccc(C)cn12. The van der Waals surface area contributed by atoms with Gasteiger partial charge in [0.1, 0.15) is 11.3 Å². The summed E-state index contributed by atoms with van der Waals surface area (Å²) in [6.07, 6.45) is 1.98. The second kappa shape index (κ2) is 6.71. The molecule has 134 valence electrons. The first-order valence-corrected chi connectivity index (χ1v) is 8.39. The highest BCUT2D eigenvalue weighted by Crippen LogP contribution is 2.33. The minimum absolute atomic E-state index is 0.198. The highest BCUT2D eigenvalue weighted by molar-refractivity contribution is 5.94. The third kappa shape index (κ3) is 3.35. The number of hydrogen-bond donors (Lipinski definition) is 0. The predicted octanol–water partition coefficient (Wildman–Crippen LogP) is 5.14. The first kappa shape index (κ1) is 17.8. The van der Waals surface area contributed by atoms with E-state index in [1.807, 2.05) is 35.7 Å². The topological polar surface area (TPSA) is 68.3 Å². The van der Waals surface area contributed by atoms with Gasteiger partial charge in [-0.25, -0.2) is 9.78 Å². The summed E-state index contributed by atoms with van der Waals surface area (Å²) in [5.41, 5.74) is 3.40. The molecule has 0 aliphatic carbocycles. The number of aryl methyl sites for hydroxylation is 1. The Kier molecular flexibility index (Phi) is 4.59. The largest absolute Gasteiger partial charge is 0.465 e. The fourth-order valence-electron chi connectivity index (χ4n) is 2.68. The Morgan fingerprint density at radius 3 is 2.54 bits per heavy atom. The number of esters is 1. The minimum atomic E-state index is -0.440. The number of carbonyl (C=O) groups is 1. The maximum atomic E-state index is 11.9. The molecule has 0 atom stereocenters. The van der Waals surface area contributed by atoms with E-state index in [9.17, 15) is 4.79 Å². The number of imidazole rings is 1. The molecule has 2 heterocycles. The Morgan fingerprint density at radius 2 is 1.85 bits per heavy atom. The van der Waals surface area contributed by atoms with Gasteiger partial charge in [0, 0.05) is 11.6 Å². The lowest BCUT2D eigenvalue weighted by Gasteiger charge is -2.15. The fraction of sp³-hybridized carbons (Fsp3) is 0.300. The number of nitrogens with zero attached hydrogens (tertiary/aromatic N) is 4. The van der Waals surface area contributed by atoms with Crippen molar-refractivity contribution in [3.63, 3.8) is 0 Å². The first-order chi connectivity index (χ1) is 12.3. The smallest absolute Gasteiger partial charge is 0.340 e. The molecule has 6 heteroatoms. The van der Waals surface area contributed by atoms with Gasteiger partial charge in [-0.3, -0.25) is 4.40 Å². The Labute approximate surface area is 152 Å². The Hall–Kier alpha value is -3.02. The van der Waals surface area contributed by atoms with E-state index in [1.165, 1.54) is 7.11 Å². The lowest BCUT2D eigenvalue weighted by molar-refractivity contribution is 0.0601. The molecular formula is C20H22N4O2. The normalized spacial score (nSPS) is 12.0. The van der Waals surface area contributed by atoms with E-state index in [0.29, 0.717) is 17.1 Å². The van der Waals surface area contributed by atoms with Crippen molar-refractivity contribution in [1.29, 1.82) is 0 Å². The quantitative estimate of drug-likeness (QED) is 0.485. The van der Waals surface area contributed by atoms with Crippen molar-refractivity contribution in [2.45, 2.75) is 33.1 Å². The van der Waals surface area contributed by atoms with Crippen LogP contribution in [0.3, 0.4) is 0 Å². The van der Waals surface area contributed by atoms with Crippen LogP contribution in [0.2, 0.25) is 0 Å². The Morgan fingerprint density at radius 1 is 1.12 bits per heavy atom. The number of methoxy groups -OCH3 is 1. The van der Waals surface area contributed by atoms with Crippen LogP contribution >= 0.6 is 0 Å². The molecule has 3 aromatic rings. The second-order valence-corrected chi connectivity index (χ2v) is 7.18. The number of aromatic nitrogens is 2. The van der Waals surface area contributed by atoms with Crippen LogP contribution in [-0.4, -0.2) is 22.5 Å². The van der Waals surface area contributed by atoms with Gasteiger partial charge in [-0.15, -0.1) is 10.2 Å². The van der Waals surface area contributed by atoms with Gasteiger partial charge in [-0.1, -0.05) is 39.0 Å². The molecule has 0 amide bonds. The van der Waals surface area contributed by atoms with Crippen molar-refractivity contribution >= 4 is 23.1 Å². The summed E-state index contributed by atoms with van der Waals surface area (Å²) < 4.78 is 6.75. The maximum Gasteiger partial charge on any atom is 0.340 e. The minimum Gasteiger partial charge on any atom is -0.465 e. The third-order valence-electron chi connectivity index (χ3n) is 4.01. The van der Waals surface area contributed by atoms with E-state index in [0.717, 1.165) is 16.9 Å². The average Bonchev–Trinajstić information content (AvgIpc) is 2.97. The van der Waals surface area contributed by atoms with Crippen LogP contribution in [0.15, 0.2) is 52.8 Å². The Balaban J connectivity index is 2.16. The zero-order valence-corrected chi connectivity index (χ0v) is 15.6. The maximum absolute atomic E-state index is 11.9. The molecular weight excluding hydrogens is 328 g/mol. The molecule has 0 bridgehead atoms. The van der Waals surface area contributed by atoms with Crippen LogP contribution in [0.25, 0.3) is 5.65 Å². The van der Waals surface area contributed by atoms with Gasteiger partial charge in [0.05, 0.1) is 18.4 Å². The van der Waals surface area contributed by atoms with Crippen LogP contribution in [0.1, 0.15) is 42.4 Å². The molecule has 0 radical (unpaired) electrons. The molecule has 0 aliphatic rings. The first-order valence-electron chi connectivity index (χ1n) is 8.39. The number of fused-ring (bicyclic) bond motifs is 1. The fourth-order valence-corrected chi connectivity index (χ4v) is 2.68. The molecule has 0 spiro atoms. The van der Waals surface area contributed by atoms with Gasteiger partial charge in [0.25, 0.3) is 0 Å². The number of rotatable bonds is 3. The molecule has 0 saturated carbocycles. The molecule has 0 saturated heterocycles. The van der Waals surface area contributed by atoms with Gasteiger partial charge < -0.3 is 4.74 Å². The van der Waals surface area contributed by atoms with Crippen LogP contribution < -0.4 is 0 Å². The molecule has 0 fully saturated rings. The van der Waals surface area contributed by atoms with Crippen LogP contribution in [0.4, 0.5) is 11.5 Å². The van der Waals surface area contributed by atoms with Gasteiger partial charge in [0.2, 0.25) is 0 Å². The molecule has 0 N–H and O–H groups in total. The van der Waals surface area contributed by atoms with E-state index in [2.05, 4.69) is 31.0 Å². The number of azo groups is 1. The summed E-state index contributed by atoms with van der Waals surface area (Å²) >= 11 is 0. The van der Waals surface area contributed by atoms with E-state index in [-0.39, 0.29) is 5.41 Å². The van der Waals surface area contributed by atoms with Crippen molar-refractivity contribution in [2.75, 3.05) is 7.11 Å². The predicted molar refractivity (Wildman–Crippen MR) is 101 cm³/mol. The van der Waals surface area contributed by atoms with Crippen molar-refractivity contribution < 1.29 is 9.53 Å². The molecule has 0 aliphatic heterocycles. The zero-order valence-electron chi connectivity index (χ0n) is 15.6. The number of benzene rings is 1. The average molecular weight is 350 g/mol. The van der Waals surface area contributed by atoms with Crippen LogP contribution in [0.5, 0.6) is 0 Å². The van der Waals surface area contributed by atoms with E-state index >= 15 is 0 Å². The van der Waals surface area contributed by atoms with Gasteiger partial charge in [-0.05, 0) is 30.7 Å². The van der Waals surface area contributed by atoms with Gasteiger partial charge in [0.15, 0.2) is 5.82 Å². The standard InChI is InChI=1S/C20H22N4O2/c1-13-10-11-16-21-17(20(2,3)4)18(24(16)12-13)23-22-15-9-7-6-8-14(15)19(25)26-5/h6-12H,1-5H3. The second-order valence-electron chi connectivity index (χ2n) is 7.18. The monoisotopic (exact) mass is 350 g/mol. The van der Waals surface area contributed by atoms with Crippen molar-refractivity contribution in [1.82, 2.24) is 9.38 Å². The van der Waals surface area contributed by atoms with Crippen molar-refractivity contribution in [3.05, 3.63) is 59.4 Å². The molecule has 3 rings (SSSR count). The van der Waals surface area contributed by atoms with Crippen LogP contribution in [0, 0.1) is 6.92 Å². The molecule has 0 unspecified atom stereocenters.